The Hall–Kier alpha value is -1.72. The average molecular weight is 324 g/mol. The van der Waals surface area contributed by atoms with E-state index in [-0.39, 0.29) is 0 Å². The summed E-state index contributed by atoms with van der Waals surface area (Å²) in [5.41, 5.74) is 6.69. The van der Waals surface area contributed by atoms with Crippen molar-refractivity contribution >= 4 is 40.5 Å². The van der Waals surface area contributed by atoms with E-state index < -0.39 is 0 Å². The summed E-state index contributed by atoms with van der Waals surface area (Å²) in [6.07, 6.45) is 3.43. The van der Waals surface area contributed by atoms with Gasteiger partial charge in [0.15, 0.2) is 0 Å². The van der Waals surface area contributed by atoms with Crippen molar-refractivity contribution in [2.75, 3.05) is 41.7 Å². The van der Waals surface area contributed by atoms with Gasteiger partial charge in [0.25, 0.3) is 0 Å². The van der Waals surface area contributed by atoms with Gasteiger partial charge in [0.2, 0.25) is 0 Å². The van der Waals surface area contributed by atoms with Gasteiger partial charge in [-0.05, 0) is 18.2 Å². The molecule has 1 fully saturated rings. The van der Waals surface area contributed by atoms with E-state index in [0.717, 1.165) is 37.7 Å². The quantitative estimate of drug-likeness (QED) is 0.920. The number of nitrogens with two attached hydrogens (primary N) is 1. The van der Waals surface area contributed by atoms with Crippen LogP contribution in [0, 0.1) is 0 Å². The Balaban J connectivity index is 1.68. The van der Waals surface area contributed by atoms with Crippen LogP contribution in [0.1, 0.15) is 0 Å². The van der Waals surface area contributed by atoms with Crippen molar-refractivity contribution in [2.45, 2.75) is 0 Å². The van der Waals surface area contributed by atoms with Crippen molar-refractivity contribution < 1.29 is 0 Å². The summed E-state index contributed by atoms with van der Waals surface area (Å²) in [7, 11) is 0. The molecule has 1 aliphatic heterocycles. The molecule has 1 aliphatic rings. The molecule has 7 heteroatoms. The number of aromatic nitrogens is 2. The van der Waals surface area contributed by atoms with Gasteiger partial charge < -0.3 is 15.5 Å². The third-order valence-corrected chi connectivity index (χ3v) is 3.99. The van der Waals surface area contributed by atoms with Crippen molar-refractivity contribution in [3.63, 3.8) is 0 Å². The third-order valence-electron chi connectivity index (χ3n) is 3.50. The number of anilines is 3. The highest BCUT2D eigenvalue weighted by molar-refractivity contribution is 6.36. The van der Waals surface area contributed by atoms with Gasteiger partial charge in [-0.3, -0.25) is 0 Å². The number of halogens is 2. The second kappa shape index (κ2) is 5.95. The molecule has 0 radical (unpaired) electrons. The fraction of sp³-hybridized carbons (Fsp3) is 0.286. The van der Waals surface area contributed by atoms with Gasteiger partial charge in [-0.15, -0.1) is 0 Å². The number of rotatable bonds is 2. The first-order chi connectivity index (χ1) is 10.1. The number of piperazine rings is 1. The van der Waals surface area contributed by atoms with Crippen LogP contribution in [0.4, 0.5) is 17.3 Å². The maximum atomic E-state index is 6.21. The average Bonchev–Trinajstić information content (AvgIpc) is 2.48. The standard InChI is InChI=1S/C14H15Cl2N5/c15-10-7-12(16)14(19-8-10)21-5-3-20(4-6-21)11-1-2-13(17)18-9-11/h1-2,7-9H,3-6H2,(H2,17,18). The molecule has 0 bridgehead atoms. The van der Waals surface area contributed by atoms with Gasteiger partial charge in [0.1, 0.15) is 11.6 Å². The van der Waals surface area contributed by atoms with Gasteiger partial charge in [0.05, 0.1) is 21.9 Å². The first kappa shape index (κ1) is 14.2. The highest BCUT2D eigenvalue weighted by atomic mass is 35.5. The predicted octanol–water partition coefficient (Wildman–Crippen LogP) is 2.69. The van der Waals surface area contributed by atoms with E-state index in [0.29, 0.717) is 15.9 Å². The first-order valence-corrected chi connectivity index (χ1v) is 7.41. The van der Waals surface area contributed by atoms with Crippen LogP contribution in [-0.2, 0) is 0 Å². The molecule has 1 saturated heterocycles. The van der Waals surface area contributed by atoms with Crippen LogP contribution in [0.25, 0.3) is 0 Å². The van der Waals surface area contributed by atoms with Crippen molar-refractivity contribution in [3.05, 3.63) is 40.6 Å². The SMILES string of the molecule is Nc1ccc(N2CCN(c3ncc(Cl)cc3Cl)CC2)cn1. The van der Waals surface area contributed by atoms with Crippen molar-refractivity contribution in [3.8, 4) is 0 Å². The second-order valence-electron chi connectivity index (χ2n) is 4.87. The Bertz CT molecular complexity index is 624. The monoisotopic (exact) mass is 323 g/mol. The molecule has 5 nitrogen and oxygen atoms in total. The van der Waals surface area contributed by atoms with Crippen LogP contribution >= 0.6 is 23.2 Å². The minimum absolute atomic E-state index is 0.537. The van der Waals surface area contributed by atoms with E-state index in [4.69, 9.17) is 28.9 Å². The van der Waals surface area contributed by atoms with Gasteiger partial charge in [-0.25, -0.2) is 9.97 Å². The Morgan fingerprint density at radius 3 is 2.29 bits per heavy atom. The summed E-state index contributed by atoms with van der Waals surface area (Å²) in [6, 6.07) is 5.53. The zero-order valence-electron chi connectivity index (χ0n) is 11.3. The van der Waals surface area contributed by atoms with Gasteiger partial charge >= 0.3 is 0 Å². The van der Waals surface area contributed by atoms with Crippen molar-refractivity contribution in [1.29, 1.82) is 0 Å². The van der Waals surface area contributed by atoms with E-state index in [1.54, 1.807) is 18.5 Å². The number of hydrogen-bond acceptors (Lipinski definition) is 5. The summed E-state index contributed by atoms with van der Waals surface area (Å²) in [6.45, 7) is 3.45. The van der Waals surface area contributed by atoms with Crippen molar-refractivity contribution in [1.82, 2.24) is 9.97 Å². The fourth-order valence-corrected chi connectivity index (χ4v) is 2.90. The predicted molar refractivity (Wildman–Crippen MR) is 87.3 cm³/mol. The van der Waals surface area contributed by atoms with E-state index in [2.05, 4.69) is 19.8 Å². The highest BCUT2D eigenvalue weighted by Gasteiger charge is 2.20. The minimum Gasteiger partial charge on any atom is -0.384 e. The highest BCUT2D eigenvalue weighted by Crippen LogP contribution is 2.27. The lowest BCUT2D eigenvalue weighted by atomic mass is 10.2. The Morgan fingerprint density at radius 1 is 0.952 bits per heavy atom. The molecule has 0 saturated carbocycles. The summed E-state index contributed by atoms with van der Waals surface area (Å²) < 4.78 is 0. The molecule has 21 heavy (non-hydrogen) atoms. The van der Waals surface area contributed by atoms with E-state index in [1.807, 2.05) is 12.1 Å². The molecule has 0 spiro atoms. The first-order valence-electron chi connectivity index (χ1n) is 6.66. The Morgan fingerprint density at radius 2 is 1.67 bits per heavy atom. The van der Waals surface area contributed by atoms with Gasteiger partial charge in [0, 0.05) is 32.4 Å². The number of hydrogen-bond donors (Lipinski definition) is 1. The molecule has 0 atom stereocenters. The van der Waals surface area contributed by atoms with E-state index in [1.165, 1.54) is 0 Å². The van der Waals surface area contributed by atoms with Crippen LogP contribution in [0.2, 0.25) is 10.0 Å². The number of nitrogens with zero attached hydrogens (tertiary/aromatic N) is 4. The zero-order valence-corrected chi connectivity index (χ0v) is 12.8. The van der Waals surface area contributed by atoms with Gasteiger partial charge in [-0.1, -0.05) is 23.2 Å². The lowest BCUT2D eigenvalue weighted by Crippen LogP contribution is -2.47. The fourth-order valence-electron chi connectivity index (χ4n) is 2.40. The maximum Gasteiger partial charge on any atom is 0.147 e. The Kier molecular flexibility index (Phi) is 4.03. The lowest BCUT2D eigenvalue weighted by Gasteiger charge is -2.36. The Labute approximate surface area is 133 Å². The van der Waals surface area contributed by atoms with Crippen LogP contribution in [-0.4, -0.2) is 36.1 Å². The second-order valence-corrected chi connectivity index (χ2v) is 5.72. The zero-order chi connectivity index (χ0) is 14.8. The summed E-state index contributed by atoms with van der Waals surface area (Å²) in [5.74, 6) is 1.32. The van der Waals surface area contributed by atoms with Crippen LogP contribution in [0.3, 0.4) is 0 Å². The number of nitrogen functional groups attached to an aromatic ring is 1. The lowest BCUT2D eigenvalue weighted by molar-refractivity contribution is 0.647. The molecule has 0 aromatic carbocycles. The summed E-state index contributed by atoms with van der Waals surface area (Å²) >= 11 is 12.1. The van der Waals surface area contributed by atoms with E-state index >= 15 is 0 Å². The molecular formula is C14H15Cl2N5. The maximum absolute atomic E-state index is 6.21. The van der Waals surface area contributed by atoms with Crippen LogP contribution < -0.4 is 15.5 Å². The van der Waals surface area contributed by atoms with Crippen molar-refractivity contribution in [2.24, 2.45) is 0 Å². The molecular weight excluding hydrogens is 309 g/mol. The molecule has 2 N–H and O–H groups in total. The molecule has 0 aliphatic carbocycles. The summed E-state index contributed by atoms with van der Waals surface area (Å²) in [5, 5.41) is 1.14. The molecule has 0 amide bonds. The molecule has 110 valence electrons. The molecule has 3 heterocycles. The summed E-state index contributed by atoms with van der Waals surface area (Å²) in [4.78, 5) is 12.9. The minimum atomic E-state index is 0.537. The van der Waals surface area contributed by atoms with Gasteiger partial charge in [-0.2, -0.15) is 0 Å². The number of pyridine rings is 2. The third kappa shape index (κ3) is 3.14. The normalized spacial score (nSPS) is 15.3. The smallest absolute Gasteiger partial charge is 0.147 e. The molecule has 2 aromatic rings. The van der Waals surface area contributed by atoms with Crippen LogP contribution in [0.5, 0.6) is 0 Å². The molecule has 3 rings (SSSR count). The molecule has 0 unspecified atom stereocenters. The molecule has 2 aromatic heterocycles. The van der Waals surface area contributed by atoms with E-state index in [9.17, 15) is 0 Å². The topological polar surface area (TPSA) is 58.3 Å². The largest absolute Gasteiger partial charge is 0.384 e. The van der Waals surface area contributed by atoms with Crippen LogP contribution in [0.15, 0.2) is 30.6 Å².